The fourth-order valence-corrected chi connectivity index (χ4v) is 4.24. The average Bonchev–Trinajstić information content (AvgIpc) is 2.65. The number of Topliss-reactive ketones (excluding diaryl/α,β-unsaturated/α-hetero) is 1. The van der Waals surface area contributed by atoms with E-state index in [0.717, 1.165) is 11.1 Å². The predicted octanol–water partition coefficient (Wildman–Crippen LogP) is 5.03. The normalized spacial score (nSPS) is 11.2. The molecule has 0 aromatic heterocycles. The van der Waals surface area contributed by atoms with E-state index in [2.05, 4.69) is 0 Å². The van der Waals surface area contributed by atoms with Crippen LogP contribution in [0.5, 0.6) is 0 Å². The summed E-state index contributed by atoms with van der Waals surface area (Å²) >= 11 is 0. The van der Waals surface area contributed by atoms with Crippen LogP contribution in [0.15, 0.2) is 77.7 Å². The molecule has 0 atom stereocenters. The Balaban J connectivity index is 2.14. The molecule has 5 heteroatoms. The minimum absolute atomic E-state index is 0.104. The Morgan fingerprint density at radius 1 is 0.704 bits per heavy atom. The fourth-order valence-electron chi connectivity index (χ4n) is 2.75. The summed E-state index contributed by atoms with van der Waals surface area (Å²) in [4.78, 5) is 11.6. The Labute approximate surface area is 160 Å². The van der Waals surface area contributed by atoms with Gasteiger partial charge in [-0.05, 0) is 57.2 Å². The van der Waals surface area contributed by atoms with Gasteiger partial charge in [0, 0.05) is 5.56 Å². The van der Waals surface area contributed by atoms with E-state index in [1.165, 1.54) is 35.5 Å². The molecule has 0 heterocycles. The average molecular weight is 379 g/mol. The third-order valence-corrected chi connectivity index (χ3v) is 6.11. The van der Waals surface area contributed by atoms with Crippen LogP contribution in [0.4, 0.5) is 11.4 Å². The van der Waals surface area contributed by atoms with Crippen molar-refractivity contribution in [1.29, 1.82) is 0 Å². The van der Waals surface area contributed by atoms with E-state index < -0.39 is 10.0 Å². The lowest BCUT2D eigenvalue weighted by Gasteiger charge is -2.25. The van der Waals surface area contributed by atoms with Crippen LogP contribution < -0.4 is 4.31 Å². The Kier molecular flexibility index (Phi) is 5.15. The van der Waals surface area contributed by atoms with Crippen molar-refractivity contribution >= 4 is 27.2 Å². The monoisotopic (exact) mass is 379 g/mol. The van der Waals surface area contributed by atoms with Crippen LogP contribution in [-0.2, 0) is 10.0 Å². The number of hydrogen-bond donors (Lipinski definition) is 0. The molecular weight excluding hydrogens is 358 g/mol. The van der Waals surface area contributed by atoms with E-state index in [-0.39, 0.29) is 10.7 Å². The van der Waals surface area contributed by atoms with Gasteiger partial charge in [-0.1, -0.05) is 47.5 Å². The van der Waals surface area contributed by atoms with Gasteiger partial charge < -0.3 is 0 Å². The summed E-state index contributed by atoms with van der Waals surface area (Å²) in [6.07, 6.45) is 0. The molecule has 0 saturated heterocycles. The lowest BCUT2D eigenvalue weighted by Crippen LogP contribution is -2.26. The molecule has 3 aromatic carbocycles. The fraction of sp³-hybridized carbons (Fsp3) is 0.136. The number of aryl methyl sites for hydroxylation is 2. The molecule has 0 radical (unpaired) electrons. The smallest absolute Gasteiger partial charge is 0.268 e. The summed E-state index contributed by atoms with van der Waals surface area (Å²) in [5.74, 6) is -0.104. The largest absolute Gasteiger partial charge is 0.295 e. The zero-order chi connectivity index (χ0) is 19.6. The lowest BCUT2D eigenvalue weighted by atomic mass is 10.2. The molecule has 3 rings (SSSR count). The highest BCUT2D eigenvalue weighted by Crippen LogP contribution is 2.32. The molecule has 0 aliphatic rings. The van der Waals surface area contributed by atoms with Gasteiger partial charge in [-0.3, -0.25) is 4.79 Å². The van der Waals surface area contributed by atoms with Crippen molar-refractivity contribution in [2.45, 2.75) is 25.7 Å². The lowest BCUT2D eigenvalue weighted by molar-refractivity contribution is 0.101. The van der Waals surface area contributed by atoms with Crippen LogP contribution in [0.3, 0.4) is 0 Å². The first-order valence-electron chi connectivity index (χ1n) is 8.59. The van der Waals surface area contributed by atoms with Gasteiger partial charge in [-0.2, -0.15) is 0 Å². The quantitative estimate of drug-likeness (QED) is 0.584. The van der Waals surface area contributed by atoms with Gasteiger partial charge in [0.15, 0.2) is 5.78 Å². The maximum Gasteiger partial charge on any atom is 0.268 e. The number of anilines is 2. The molecular formula is C22H21NO3S. The van der Waals surface area contributed by atoms with Crippen molar-refractivity contribution in [2.75, 3.05) is 4.31 Å². The molecule has 0 saturated carbocycles. The molecule has 0 fully saturated rings. The number of benzene rings is 3. The third-order valence-electron chi connectivity index (χ3n) is 4.34. The summed E-state index contributed by atoms with van der Waals surface area (Å²) in [5.41, 5.74) is 3.68. The van der Waals surface area contributed by atoms with Crippen molar-refractivity contribution in [3.05, 3.63) is 89.5 Å². The Morgan fingerprint density at radius 2 is 1.11 bits per heavy atom. The SMILES string of the molecule is CC(=O)c1ccc(S(=O)(=O)N(c2ccc(C)cc2)c2ccc(C)cc2)cc1. The number of carbonyl (C=O) groups excluding carboxylic acids is 1. The van der Waals surface area contributed by atoms with Gasteiger partial charge in [-0.25, -0.2) is 12.7 Å². The maximum absolute atomic E-state index is 13.4. The van der Waals surface area contributed by atoms with Crippen LogP contribution in [0.1, 0.15) is 28.4 Å². The molecule has 0 bridgehead atoms. The van der Waals surface area contributed by atoms with Gasteiger partial charge in [-0.15, -0.1) is 0 Å². The molecule has 27 heavy (non-hydrogen) atoms. The minimum atomic E-state index is -3.85. The van der Waals surface area contributed by atoms with Crippen molar-refractivity contribution in [2.24, 2.45) is 0 Å². The Hall–Kier alpha value is -2.92. The summed E-state index contributed by atoms with van der Waals surface area (Å²) in [7, 11) is -3.85. The molecule has 0 aliphatic carbocycles. The summed E-state index contributed by atoms with van der Waals surface area (Å²) < 4.78 is 28.2. The first kappa shape index (κ1) is 18.9. The number of hydrogen-bond acceptors (Lipinski definition) is 3. The Morgan fingerprint density at radius 3 is 1.48 bits per heavy atom. The van der Waals surface area contributed by atoms with E-state index in [1.807, 2.05) is 38.1 Å². The second kappa shape index (κ2) is 7.37. The molecule has 0 amide bonds. The zero-order valence-corrected chi connectivity index (χ0v) is 16.3. The summed E-state index contributed by atoms with van der Waals surface area (Å²) in [6, 6.07) is 20.7. The minimum Gasteiger partial charge on any atom is -0.295 e. The van der Waals surface area contributed by atoms with E-state index in [0.29, 0.717) is 16.9 Å². The van der Waals surface area contributed by atoms with E-state index >= 15 is 0 Å². The van der Waals surface area contributed by atoms with E-state index in [1.54, 1.807) is 24.3 Å². The third kappa shape index (κ3) is 3.93. The van der Waals surface area contributed by atoms with Crippen LogP contribution in [0.2, 0.25) is 0 Å². The Bertz CT molecular complexity index is 1010. The van der Waals surface area contributed by atoms with Crippen molar-refractivity contribution in [3.63, 3.8) is 0 Å². The van der Waals surface area contributed by atoms with Crippen molar-refractivity contribution in [1.82, 2.24) is 0 Å². The highest BCUT2D eigenvalue weighted by Gasteiger charge is 2.26. The van der Waals surface area contributed by atoms with Crippen LogP contribution in [0, 0.1) is 13.8 Å². The molecule has 4 nitrogen and oxygen atoms in total. The van der Waals surface area contributed by atoms with Crippen molar-refractivity contribution in [3.8, 4) is 0 Å². The van der Waals surface area contributed by atoms with Crippen LogP contribution in [0.25, 0.3) is 0 Å². The molecule has 0 N–H and O–H groups in total. The molecule has 0 unspecified atom stereocenters. The van der Waals surface area contributed by atoms with E-state index in [4.69, 9.17) is 0 Å². The highest BCUT2D eigenvalue weighted by atomic mass is 32.2. The number of sulfonamides is 1. The topological polar surface area (TPSA) is 54.5 Å². The molecule has 138 valence electrons. The molecule has 0 aliphatic heterocycles. The summed E-state index contributed by atoms with van der Waals surface area (Å²) in [5, 5.41) is 0. The second-order valence-corrected chi connectivity index (χ2v) is 8.31. The standard InChI is InChI=1S/C22H21NO3S/c1-16-4-10-20(11-5-16)23(21-12-6-17(2)7-13-21)27(25,26)22-14-8-19(9-15-22)18(3)24/h4-15H,1-3H3. The summed E-state index contributed by atoms with van der Waals surface area (Å²) in [6.45, 7) is 5.36. The second-order valence-electron chi connectivity index (χ2n) is 6.52. The zero-order valence-electron chi connectivity index (χ0n) is 15.5. The number of rotatable bonds is 5. The molecule has 3 aromatic rings. The highest BCUT2D eigenvalue weighted by molar-refractivity contribution is 7.93. The number of ketones is 1. The van der Waals surface area contributed by atoms with E-state index in [9.17, 15) is 13.2 Å². The first-order valence-corrected chi connectivity index (χ1v) is 10.0. The van der Waals surface area contributed by atoms with Crippen molar-refractivity contribution < 1.29 is 13.2 Å². The van der Waals surface area contributed by atoms with Crippen LogP contribution in [-0.4, -0.2) is 14.2 Å². The maximum atomic E-state index is 13.4. The van der Waals surface area contributed by atoms with Gasteiger partial charge >= 0.3 is 0 Å². The van der Waals surface area contributed by atoms with Gasteiger partial charge in [0.1, 0.15) is 0 Å². The first-order chi connectivity index (χ1) is 12.8. The van der Waals surface area contributed by atoms with Gasteiger partial charge in [0.05, 0.1) is 16.3 Å². The number of carbonyl (C=O) groups is 1. The predicted molar refractivity (Wildman–Crippen MR) is 108 cm³/mol. The van der Waals surface area contributed by atoms with Crippen LogP contribution >= 0.6 is 0 Å². The number of nitrogens with zero attached hydrogens (tertiary/aromatic N) is 1. The molecule has 0 spiro atoms. The van der Waals surface area contributed by atoms with Gasteiger partial charge in [0.25, 0.3) is 10.0 Å². The van der Waals surface area contributed by atoms with Gasteiger partial charge in [0.2, 0.25) is 0 Å².